The minimum absolute atomic E-state index is 0.208. The minimum atomic E-state index is -0.837. The van der Waals surface area contributed by atoms with Gasteiger partial charge >= 0.3 is 6.03 Å². The smallest absolute Gasteiger partial charge is 0.335 e. The van der Waals surface area contributed by atoms with Gasteiger partial charge < -0.3 is 14.2 Å². The van der Waals surface area contributed by atoms with Crippen molar-refractivity contribution in [1.29, 1.82) is 0 Å². The molecule has 0 aromatic heterocycles. The van der Waals surface area contributed by atoms with E-state index in [0.717, 1.165) is 16.0 Å². The van der Waals surface area contributed by atoms with Crippen molar-refractivity contribution in [1.82, 2.24) is 5.32 Å². The first-order valence-electron chi connectivity index (χ1n) is 12.7. The first kappa shape index (κ1) is 27.5. The molecule has 1 N–H and O–H groups in total. The van der Waals surface area contributed by atoms with Crippen molar-refractivity contribution in [2.45, 2.75) is 13.2 Å². The van der Waals surface area contributed by atoms with Crippen molar-refractivity contribution in [2.24, 2.45) is 0 Å². The van der Waals surface area contributed by atoms with Crippen LogP contribution in [-0.2, 0) is 22.8 Å². The number of imide groups is 2. The van der Waals surface area contributed by atoms with E-state index in [2.05, 4.69) is 5.32 Å². The molecule has 0 atom stereocenters. The van der Waals surface area contributed by atoms with E-state index in [9.17, 15) is 14.4 Å². The highest BCUT2D eigenvalue weighted by molar-refractivity contribution is 6.39. The molecule has 1 aliphatic rings. The summed E-state index contributed by atoms with van der Waals surface area (Å²) in [6, 6.07) is 27.7. The van der Waals surface area contributed by atoms with Crippen molar-refractivity contribution in [3.05, 3.63) is 124 Å². The molecule has 4 amide bonds. The fourth-order valence-electron chi connectivity index (χ4n) is 4.16. The lowest BCUT2D eigenvalue weighted by Crippen LogP contribution is -2.54. The number of halogens is 1. The molecule has 0 aliphatic carbocycles. The molecule has 4 aromatic rings. The summed E-state index contributed by atoms with van der Waals surface area (Å²) in [4.78, 5) is 39.5. The lowest BCUT2D eigenvalue weighted by atomic mass is 10.1. The van der Waals surface area contributed by atoms with Crippen molar-refractivity contribution >= 4 is 41.2 Å². The summed E-state index contributed by atoms with van der Waals surface area (Å²) in [7, 11) is 1.49. The zero-order chi connectivity index (χ0) is 28.8. The molecular formula is C32H25ClN2O6. The Bertz CT molecular complexity index is 1620. The number of amides is 4. The van der Waals surface area contributed by atoms with Gasteiger partial charge in [-0.2, -0.15) is 0 Å². The molecule has 0 spiro atoms. The van der Waals surface area contributed by atoms with Gasteiger partial charge in [-0.25, -0.2) is 9.69 Å². The standard InChI is InChI=1S/C32H25ClN2O6/c1-39-29-18-22(11-16-28(29)41-20-23-9-5-6-10-27(23)33)17-26-30(36)34-32(38)35(31(26)37)24-12-14-25(15-13-24)40-19-21-7-3-2-4-8-21/h2-18H,19-20H2,1H3,(H,34,36,38)/b26-17+. The topological polar surface area (TPSA) is 94.2 Å². The second-order valence-electron chi connectivity index (χ2n) is 9.02. The van der Waals surface area contributed by atoms with Crippen LogP contribution in [0.15, 0.2) is 103 Å². The number of anilines is 1. The molecule has 0 saturated carbocycles. The summed E-state index contributed by atoms with van der Waals surface area (Å²) in [6.45, 7) is 0.600. The highest BCUT2D eigenvalue weighted by Gasteiger charge is 2.36. The molecule has 1 fully saturated rings. The Balaban J connectivity index is 1.32. The van der Waals surface area contributed by atoms with Gasteiger partial charge in [0.1, 0.15) is 24.5 Å². The second kappa shape index (κ2) is 12.4. The summed E-state index contributed by atoms with van der Waals surface area (Å²) in [5.74, 6) is -0.125. The quantitative estimate of drug-likeness (QED) is 0.192. The third kappa shape index (κ3) is 6.40. The Kier molecular flexibility index (Phi) is 8.31. The molecule has 1 heterocycles. The summed E-state index contributed by atoms with van der Waals surface area (Å²) < 4.78 is 17.1. The average Bonchev–Trinajstić information content (AvgIpc) is 2.99. The number of rotatable bonds is 9. The van der Waals surface area contributed by atoms with Gasteiger partial charge in [0.25, 0.3) is 11.8 Å². The molecular weight excluding hydrogens is 544 g/mol. The van der Waals surface area contributed by atoms with Gasteiger partial charge in [-0.3, -0.25) is 14.9 Å². The van der Waals surface area contributed by atoms with Crippen LogP contribution in [0.25, 0.3) is 6.08 Å². The zero-order valence-electron chi connectivity index (χ0n) is 22.0. The molecule has 0 unspecified atom stereocenters. The summed E-state index contributed by atoms with van der Waals surface area (Å²) in [5.41, 5.74) is 2.41. The van der Waals surface area contributed by atoms with Crippen molar-refractivity contribution < 1.29 is 28.6 Å². The molecule has 1 aliphatic heterocycles. The number of carbonyl (C=O) groups is 3. The van der Waals surface area contributed by atoms with Crippen LogP contribution in [0, 0.1) is 0 Å². The van der Waals surface area contributed by atoms with Crippen LogP contribution in [0.2, 0.25) is 5.02 Å². The Morgan fingerprint density at radius 1 is 0.805 bits per heavy atom. The SMILES string of the molecule is COc1cc(/C=C2\C(=O)NC(=O)N(c3ccc(OCc4ccccc4)cc3)C2=O)ccc1OCc1ccccc1Cl. The van der Waals surface area contributed by atoms with Gasteiger partial charge in [-0.15, -0.1) is 0 Å². The van der Waals surface area contributed by atoms with E-state index in [-0.39, 0.29) is 12.2 Å². The van der Waals surface area contributed by atoms with Crippen LogP contribution in [0.5, 0.6) is 17.2 Å². The highest BCUT2D eigenvalue weighted by Crippen LogP contribution is 2.31. The summed E-state index contributed by atoms with van der Waals surface area (Å²) in [5, 5.41) is 2.82. The minimum Gasteiger partial charge on any atom is -0.493 e. The average molecular weight is 569 g/mol. The number of methoxy groups -OCH3 is 1. The first-order chi connectivity index (χ1) is 19.9. The molecule has 4 aromatic carbocycles. The Hall–Kier alpha value is -5.08. The van der Waals surface area contributed by atoms with E-state index in [1.165, 1.54) is 13.2 Å². The number of benzene rings is 4. The lowest BCUT2D eigenvalue weighted by Gasteiger charge is -2.26. The van der Waals surface area contributed by atoms with E-state index < -0.39 is 17.8 Å². The molecule has 9 heteroatoms. The molecule has 5 rings (SSSR count). The van der Waals surface area contributed by atoms with Gasteiger partial charge in [0.05, 0.1) is 12.8 Å². The maximum atomic E-state index is 13.3. The van der Waals surface area contributed by atoms with Gasteiger partial charge in [-0.05, 0) is 59.7 Å². The van der Waals surface area contributed by atoms with Gasteiger partial charge in [0, 0.05) is 10.6 Å². The van der Waals surface area contributed by atoms with Crippen molar-refractivity contribution in [3.8, 4) is 17.2 Å². The number of carbonyl (C=O) groups excluding carboxylic acids is 3. The largest absolute Gasteiger partial charge is 0.493 e. The van der Waals surface area contributed by atoms with Crippen LogP contribution in [0.3, 0.4) is 0 Å². The zero-order valence-corrected chi connectivity index (χ0v) is 22.8. The lowest BCUT2D eigenvalue weighted by molar-refractivity contribution is -0.122. The Morgan fingerprint density at radius 3 is 2.27 bits per heavy atom. The predicted octanol–water partition coefficient (Wildman–Crippen LogP) is 6.17. The van der Waals surface area contributed by atoms with E-state index >= 15 is 0 Å². The van der Waals surface area contributed by atoms with Crippen molar-refractivity contribution in [3.63, 3.8) is 0 Å². The third-order valence-corrected chi connectivity index (χ3v) is 6.65. The number of nitrogens with one attached hydrogen (secondary N) is 1. The van der Waals surface area contributed by atoms with Gasteiger partial charge in [0.15, 0.2) is 11.5 Å². The van der Waals surface area contributed by atoms with E-state index in [1.807, 2.05) is 48.5 Å². The Labute approximate surface area is 241 Å². The van der Waals surface area contributed by atoms with Crippen LogP contribution < -0.4 is 24.4 Å². The molecule has 206 valence electrons. The highest BCUT2D eigenvalue weighted by atomic mass is 35.5. The summed E-state index contributed by atoms with van der Waals surface area (Å²) in [6.07, 6.45) is 1.40. The molecule has 0 bridgehead atoms. The molecule has 1 saturated heterocycles. The van der Waals surface area contributed by atoms with Crippen molar-refractivity contribution in [2.75, 3.05) is 12.0 Å². The molecule has 41 heavy (non-hydrogen) atoms. The number of barbiturate groups is 1. The van der Waals surface area contributed by atoms with E-state index in [0.29, 0.717) is 40.1 Å². The number of urea groups is 1. The predicted molar refractivity (Wildman–Crippen MR) is 155 cm³/mol. The fraction of sp³-hybridized carbons (Fsp3) is 0.0938. The second-order valence-corrected chi connectivity index (χ2v) is 9.42. The summed E-state index contributed by atoms with van der Waals surface area (Å²) >= 11 is 6.21. The van der Waals surface area contributed by atoms with E-state index in [4.69, 9.17) is 25.8 Å². The van der Waals surface area contributed by atoms with Crippen LogP contribution in [-0.4, -0.2) is 25.0 Å². The number of hydrogen-bond acceptors (Lipinski definition) is 6. The fourth-order valence-corrected chi connectivity index (χ4v) is 4.35. The Morgan fingerprint density at radius 2 is 1.54 bits per heavy atom. The molecule has 8 nitrogen and oxygen atoms in total. The van der Waals surface area contributed by atoms with Crippen LogP contribution in [0.4, 0.5) is 10.5 Å². The van der Waals surface area contributed by atoms with Gasteiger partial charge in [0.2, 0.25) is 0 Å². The number of nitrogens with zero attached hydrogens (tertiary/aromatic N) is 1. The first-order valence-corrected chi connectivity index (χ1v) is 13.0. The third-order valence-electron chi connectivity index (χ3n) is 6.28. The number of hydrogen-bond donors (Lipinski definition) is 1. The molecule has 0 radical (unpaired) electrons. The van der Waals surface area contributed by atoms with Crippen LogP contribution >= 0.6 is 11.6 Å². The number of ether oxygens (including phenoxy) is 3. The maximum absolute atomic E-state index is 13.3. The van der Waals surface area contributed by atoms with Crippen LogP contribution in [0.1, 0.15) is 16.7 Å². The normalized spacial score (nSPS) is 14.1. The van der Waals surface area contributed by atoms with Gasteiger partial charge in [-0.1, -0.05) is 66.2 Å². The monoisotopic (exact) mass is 568 g/mol. The van der Waals surface area contributed by atoms with E-state index in [1.54, 1.807) is 48.5 Å². The maximum Gasteiger partial charge on any atom is 0.335 e.